The Morgan fingerprint density at radius 1 is 1.12 bits per heavy atom. The fraction of sp³-hybridized carbons (Fsp3) is 0.350. The maximum Gasteiger partial charge on any atom is 0.255 e. The number of carbonyl (C=O) groups is 2. The lowest BCUT2D eigenvalue weighted by Gasteiger charge is -2.31. The molecule has 1 aromatic heterocycles. The van der Waals surface area contributed by atoms with Crippen molar-refractivity contribution in [3.8, 4) is 0 Å². The van der Waals surface area contributed by atoms with Gasteiger partial charge in [0.2, 0.25) is 5.91 Å². The average Bonchev–Trinajstić information content (AvgIpc) is 2.65. The highest BCUT2D eigenvalue weighted by atomic mass is 16.2. The van der Waals surface area contributed by atoms with Crippen LogP contribution in [0.25, 0.3) is 0 Å². The van der Waals surface area contributed by atoms with Crippen molar-refractivity contribution < 1.29 is 9.59 Å². The number of nitrogens with one attached hydrogen (secondary N) is 1. The van der Waals surface area contributed by atoms with Gasteiger partial charge < -0.3 is 10.2 Å². The molecule has 0 spiro atoms. The molecule has 0 bridgehead atoms. The SMILES string of the molecule is Cc1cccc(NC(=O)C2CCN(C(=O)c3cccnc3)CC2)c1C. The molecule has 1 saturated heterocycles. The standard InChI is InChI=1S/C20H23N3O2/c1-14-5-3-7-18(15(14)2)22-19(24)16-8-11-23(12-9-16)20(25)17-6-4-10-21-13-17/h3-7,10,13,16H,8-9,11-12H2,1-2H3,(H,22,24). The highest BCUT2D eigenvalue weighted by molar-refractivity contribution is 5.95. The van der Waals surface area contributed by atoms with Crippen LogP contribution in [0.5, 0.6) is 0 Å². The lowest BCUT2D eigenvalue weighted by atomic mass is 9.95. The van der Waals surface area contributed by atoms with Gasteiger partial charge in [-0.3, -0.25) is 14.6 Å². The van der Waals surface area contributed by atoms with E-state index in [2.05, 4.69) is 10.3 Å². The van der Waals surface area contributed by atoms with Gasteiger partial charge in [-0.25, -0.2) is 0 Å². The van der Waals surface area contributed by atoms with Crippen molar-refractivity contribution in [3.63, 3.8) is 0 Å². The van der Waals surface area contributed by atoms with Crippen LogP contribution in [0.4, 0.5) is 5.69 Å². The number of rotatable bonds is 3. The second-order valence-electron chi connectivity index (χ2n) is 6.54. The summed E-state index contributed by atoms with van der Waals surface area (Å²) in [5.41, 5.74) is 3.73. The maximum absolute atomic E-state index is 12.6. The number of amides is 2. The number of nitrogens with zero attached hydrogens (tertiary/aromatic N) is 2. The Hall–Kier alpha value is -2.69. The molecule has 1 fully saturated rings. The van der Waals surface area contributed by atoms with Crippen molar-refractivity contribution in [1.82, 2.24) is 9.88 Å². The quantitative estimate of drug-likeness (QED) is 0.935. The van der Waals surface area contributed by atoms with Gasteiger partial charge in [-0.1, -0.05) is 12.1 Å². The first kappa shape index (κ1) is 17.1. The van der Waals surface area contributed by atoms with Crippen molar-refractivity contribution in [3.05, 3.63) is 59.4 Å². The van der Waals surface area contributed by atoms with Gasteiger partial charge in [0.25, 0.3) is 5.91 Å². The van der Waals surface area contributed by atoms with E-state index in [4.69, 9.17) is 0 Å². The number of pyridine rings is 1. The second kappa shape index (κ2) is 7.47. The zero-order valence-electron chi connectivity index (χ0n) is 14.7. The number of benzene rings is 1. The van der Waals surface area contributed by atoms with E-state index in [9.17, 15) is 9.59 Å². The number of carbonyl (C=O) groups excluding carboxylic acids is 2. The van der Waals surface area contributed by atoms with Crippen LogP contribution in [0.3, 0.4) is 0 Å². The van der Waals surface area contributed by atoms with E-state index < -0.39 is 0 Å². The molecular weight excluding hydrogens is 314 g/mol. The van der Waals surface area contributed by atoms with E-state index >= 15 is 0 Å². The van der Waals surface area contributed by atoms with E-state index in [0.717, 1.165) is 16.8 Å². The number of hydrogen-bond donors (Lipinski definition) is 1. The lowest BCUT2D eigenvalue weighted by Crippen LogP contribution is -2.41. The van der Waals surface area contributed by atoms with Crippen LogP contribution in [-0.4, -0.2) is 34.8 Å². The first-order valence-electron chi connectivity index (χ1n) is 8.62. The third kappa shape index (κ3) is 3.87. The summed E-state index contributed by atoms with van der Waals surface area (Å²) in [4.78, 5) is 30.8. The summed E-state index contributed by atoms with van der Waals surface area (Å²) < 4.78 is 0. The van der Waals surface area contributed by atoms with E-state index in [1.165, 1.54) is 0 Å². The summed E-state index contributed by atoms with van der Waals surface area (Å²) in [5.74, 6) is -0.0264. The molecule has 0 unspecified atom stereocenters. The number of aromatic nitrogens is 1. The third-order valence-corrected chi connectivity index (χ3v) is 4.92. The molecule has 2 aromatic rings. The predicted octanol–water partition coefficient (Wildman–Crippen LogP) is 3.19. The Labute approximate surface area is 148 Å². The van der Waals surface area contributed by atoms with Crippen LogP contribution in [0.15, 0.2) is 42.7 Å². The molecular formula is C20H23N3O2. The van der Waals surface area contributed by atoms with Crippen molar-refractivity contribution in [2.75, 3.05) is 18.4 Å². The zero-order chi connectivity index (χ0) is 17.8. The van der Waals surface area contributed by atoms with Gasteiger partial charge in [-0.05, 0) is 56.0 Å². The van der Waals surface area contributed by atoms with Crippen molar-refractivity contribution in [2.24, 2.45) is 5.92 Å². The minimum absolute atomic E-state index is 0.0125. The smallest absolute Gasteiger partial charge is 0.255 e. The highest BCUT2D eigenvalue weighted by Gasteiger charge is 2.28. The van der Waals surface area contributed by atoms with Gasteiger partial charge in [0.1, 0.15) is 0 Å². The van der Waals surface area contributed by atoms with Gasteiger partial charge in [-0.15, -0.1) is 0 Å². The van der Waals surface area contributed by atoms with Crippen LogP contribution < -0.4 is 5.32 Å². The Kier molecular flexibility index (Phi) is 5.12. The summed E-state index contributed by atoms with van der Waals surface area (Å²) >= 11 is 0. The van der Waals surface area contributed by atoms with E-state index in [-0.39, 0.29) is 17.7 Å². The largest absolute Gasteiger partial charge is 0.339 e. The number of likely N-dealkylation sites (tertiary alicyclic amines) is 1. The van der Waals surface area contributed by atoms with E-state index in [1.807, 2.05) is 32.0 Å². The number of hydrogen-bond acceptors (Lipinski definition) is 3. The monoisotopic (exact) mass is 337 g/mol. The van der Waals surface area contributed by atoms with Crippen LogP contribution in [0.1, 0.15) is 34.3 Å². The number of aryl methyl sites for hydroxylation is 1. The van der Waals surface area contributed by atoms with Gasteiger partial charge in [0, 0.05) is 37.1 Å². The molecule has 1 aromatic carbocycles. The fourth-order valence-electron chi connectivity index (χ4n) is 3.14. The Morgan fingerprint density at radius 3 is 2.56 bits per heavy atom. The minimum Gasteiger partial charge on any atom is -0.339 e. The highest BCUT2D eigenvalue weighted by Crippen LogP contribution is 2.23. The number of piperidine rings is 1. The van der Waals surface area contributed by atoms with Gasteiger partial charge in [-0.2, -0.15) is 0 Å². The Bertz CT molecular complexity index is 766. The summed E-state index contributed by atoms with van der Waals surface area (Å²) in [6.07, 6.45) is 4.60. The number of anilines is 1. The Morgan fingerprint density at radius 2 is 1.88 bits per heavy atom. The summed E-state index contributed by atoms with van der Waals surface area (Å²) in [5, 5.41) is 3.04. The van der Waals surface area contributed by atoms with Gasteiger partial charge >= 0.3 is 0 Å². The molecule has 3 rings (SSSR count). The maximum atomic E-state index is 12.6. The molecule has 5 heteroatoms. The van der Waals surface area contributed by atoms with Crippen LogP contribution >= 0.6 is 0 Å². The molecule has 1 N–H and O–H groups in total. The molecule has 2 amide bonds. The van der Waals surface area contributed by atoms with Crippen LogP contribution in [-0.2, 0) is 4.79 Å². The molecule has 2 heterocycles. The third-order valence-electron chi connectivity index (χ3n) is 4.92. The van der Waals surface area contributed by atoms with Crippen molar-refractivity contribution in [2.45, 2.75) is 26.7 Å². The first-order valence-corrected chi connectivity index (χ1v) is 8.62. The summed E-state index contributed by atoms with van der Waals surface area (Å²) in [7, 11) is 0. The minimum atomic E-state index is -0.0575. The molecule has 1 aliphatic heterocycles. The summed E-state index contributed by atoms with van der Waals surface area (Å²) in [6, 6.07) is 9.45. The fourth-order valence-corrected chi connectivity index (χ4v) is 3.14. The first-order chi connectivity index (χ1) is 12.1. The topological polar surface area (TPSA) is 62.3 Å². The van der Waals surface area contributed by atoms with Crippen LogP contribution in [0, 0.1) is 19.8 Å². The van der Waals surface area contributed by atoms with E-state index in [1.54, 1.807) is 29.4 Å². The second-order valence-corrected chi connectivity index (χ2v) is 6.54. The predicted molar refractivity (Wildman–Crippen MR) is 97.4 cm³/mol. The molecule has 0 atom stereocenters. The van der Waals surface area contributed by atoms with Crippen molar-refractivity contribution in [1.29, 1.82) is 0 Å². The van der Waals surface area contributed by atoms with Gasteiger partial charge in [0.15, 0.2) is 0 Å². The molecule has 25 heavy (non-hydrogen) atoms. The molecule has 0 radical (unpaired) electrons. The molecule has 0 aliphatic carbocycles. The Balaban J connectivity index is 1.58. The van der Waals surface area contributed by atoms with Gasteiger partial charge in [0.05, 0.1) is 5.56 Å². The lowest BCUT2D eigenvalue weighted by molar-refractivity contribution is -0.121. The van der Waals surface area contributed by atoms with Crippen LogP contribution in [0.2, 0.25) is 0 Å². The average molecular weight is 337 g/mol. The van der Waals surface area contributed by atoms with E-state index in [0.29, 0.717) is 31.5 Å². The van der Waals surface area contributed by atoms with Crippen molar-refractivity contribution >= 4 is 17.5 Å². The molecule has 130 valence electrons. The summed E-state index contributed by atoms with van der Waals surface area (Å²) in [6.45, 7) is 5.24. The molecule has 1 aliphatic rings. The molecule has 0 saturated carbocycles. The molecule has 5 nitrogen and oxygen atoms in total. The normalized spacial score (nSPS) is 15.0. The zero-order valence-corrected chi connectivity index (χ0v) is 14.7.